The Balaban J connectivity index is 1.57. The molecule has 0 aliphatic carbocycles. The molecule has 3 rings (SSSR count). The first-order valence-electron chi connectivity index (χ1n) is 7.96. The molecule has 0 aromatic heterocycles. The second kappa shape index (κ2) is 6.52. The van der Waals surface area contributed by atoms with Crippen molar-refractivity contribution in [2.45, 2.75) is 38.6 Å². The van der Waals surface area contributed by atoms with Crippen LogP contribution in [-0.2, 0) is 20.6 Å². The molecule has 0 saturated carbocycles. The number of nitrogens with zero attached hydrogens (tertiary/aromatic N) is 1. The molecule has 0 N–H and O–H groups in total. The first kappa shape index (κ1) is 15.7. The minimum atomic E-state index is -0.490. The topological polar surface area (TPSA) is 30.9 Å². The summed E-state index contributed by atoms with van der Waals surface area (Å²) in [6, 6.07) is 5.53. The summed E-state index contributed by atoms with van der Waals surface area (Å²) in [4.78, 5) is 2.04. The third-order valence-corrected chi connectivity index (χ3v) is 4.19. The van der Waals surface area contributed by atoms with Crippen molar-refractivity contribution in [1.29, 1.82) is 0 Å². The van der Waals surface area contributed by atoms with E-state index in [1.165, 1.54) is 0 Å². The zero-order valence-electron chi connectivity index (χ0n) is 13.3. The molecular formula is C17H24FNO3. The predicted molar refractivity (Wildman–Crippen MR) is 82.7 cm³/mol. The van der Waals surface area contributed by atoms with Crippen LogP contribution in [0.15, 0.2) is 18.2 Å². The van der Waals surface area contributed by atoms with Crippen molar-refractivity contribution < 1.29 is 18.6 Å². The summed E-state index contributed by atoms with van der Waals surface area (Å²) in [7, 11) is 0. The normalized spacial score (nSPS) is 24.7. The second-order valence-corrected chi connectivity index (χ2v) is 6.37. The quantitative estimate of drug-likeness (QED) is 0.856. The summed E-state index contributed by atoms with van der Waals surface area (Å²) in [5.74, 6) is -0.640. The van der Waals surface area contributed by atoms with Crippen LogP contribution in [0.5, 0.6) is 0 Å². The van der Waals surface area contributed by atoms with Gasteiger partial charge >= 0.3 is 0 Å². The van der Waals surface area contributed by atoms with E-state index < -0.39 is 5.79 Å². The number of halogens is 1. The van der Waals surface area contributed by atoms with Gasteiger partial charge in [0.15, 0.2) is 5.79 Å². The summed E-state index contributed by atoms with van der Waals surface area (Å²) in [6.07, 6.45) is 1.74. The maximum absolute atomic E-state index is 14.3. The van der Waals surface area contributed by atoms with Gasteiger partial charge in [-0.15, -0.1) is 0 Å². The molecule has 122 valence electrons. The zero-order chi connectivity index (χ0) is 15.6. The van der Waals surface area contributed by atoms with Gasteiger partial charge in [-0.1, -0.05) is 6.07 Å². The summed E-state index contributed by atoms with van der Waals surface area (Å²) in [5, 5.41) is 0. The zero-order valence-corrected chi connectivity index (χ0v) is 13.3. The Hall–Kier alpha value is -1.17. The van der Waals surface area contributed by atoms with Gasteiger partial charge in [0, 0.05) is 13.1 Å². The Bertz CT molecular complexity index is 515. The molecule has 0 radical (unpaired) electrons. The van der Waals surface area contributed by atoms with Crippen molar-refractivity contribution in [3.8, 4) is 0 Å². The van der Waals surface area contributed by atoms with Crippen LogP contribution in [0, 0.1) is 5.82 Å². The summed E-state index contributed by atoms with van der Waals surface area (Å²) < 4.78 is 31.0. The van der Waals surface area contributed by atoms with Crippen molar-refractivity contribution in [2.24, 2.45) is 0 Å². The van der Waals surface area contributed by atoms with Crippen LogP contribution in [0.2, 0.25) is 0 Å². The van der Waals surface area contributed by atoms with Crippen LogP contribution in [0.25, 0.3) is 0 Å². The van der Waals surface area contributed by atoms with E-state index in [-0.39, 0.29) is 11.9 Å². The van der Waals surface area contributed by atoms with Gasteiger partial charge < -0.3 is 19.1 Å². The maximum Gasteiger partial charge on any atom is 0.163 e. The monoisotopic (exact) mass is 309 g/mol. The molecule has 2 heterocycles. The highest BCUT2D eigenvalue weighted by atomic mass is 19.1. The third-order valence-electron chi connectivity index (χ3n) is 4.19. The Kier molecular flexibility index (Phi) is 4.66. The van der Waals surface area contributed by atoms with Crippen LogP contribution >= 0.6 is 0 Å². The highest BCUT2D eigenvalue weighted by Gasteiger charge is 2.32. The molecule has 0 unspecified atom stereocenters. The molecular weight excluding hydrogens is 285 g/mol. The molecule has 2 aliphatic rings. The Morgan fingerprint density at radius 2 is 2.05 bits per heavy atom. The molecule has 1 aromatic rings. The van der Waals surface area contributed by atoms with E-state index in [0.717, 1.165) is 31.5 Å². The number of rotatable bonds is 4. The molecule has 4 nitrogen and oxygen atoms in total. The average molecular weight is 309 g/mol. The Morgan fingerprint density at radius 3 is 2.68 bits per heavy atom. The first-order chi connectivity index (χ1) is 10.5. The highest BCUT2D eigenvalue weighted by molar-refractivity contribution is 5.49. The fourth-order valence-corrected chi connectivity index (χ4v) is 3.00. The van der Waals surface area contributed by atoms with E-state index in [2.05, 4.69) is 0 Å². The number of hydrogen-bond acceptors (Lipinski definition) is 4. The minimum Gasteiger partial charge on any atom is -0.378 e. The van der Waals surface area contributed by atoms with Gasteiger partial charge in [0.25, 0.3) is 0 Å². The van der Waals surface area contributed by atoms with Gasteiger partial charge in [0.05, 0.1) is 31.6 Å². The number of benzene rings is 1. The van der Waals surface area contributed by atoms with Crippen LogP contribution < -0.4 is 4.90 Å². The van der Waals surface area contributed by atoms with E-state index in [1.54, 1.807) is 6.07 Å². The smallest absolute Gasteiger partial charge is 0.163 e. The number of ether oxygens (including phenoxy) is 3. The highest BCUT2D eigenvalue weighted by Crippen LogP contribution is 2.26. The number of morpholine rings is 1. The largest absolute Gasteiger partial charge is 0.378 e. The Labute approximate surface area is 131 Å². The van der Waals surface area contributed by atoms with Crippen LogP contribution in [0.3, 0.4) is 0 Å². The lowest BCUT2D eigenvalue weighted by atomic mass is 10.1. The molecule has 22 heavy (non-hydrogen) atoms. The van der Waals surface area contributed by atoms with E-state index in [4.69, 9.17) is 14.2 Å². The first-order valence-corrected chi connectivity index (χ1v) is 7.96. The number of anilines is 1. The van der Waals surface area contributed by atoms with Crippen molar-refractivity contribution in [1.82, 2.24) is 0 Å². The van der Waals surface area contributed by atoms with Gasteiger partial charge in [-0.2, -0.15) is 0 Å². The van der Waals surface area contributed by atoms with Crippen LogP contribution in [-0.4, -0.2) is 44.8 Å². The second-order valence-electron chi connectivity index (χ2n) is 6.37. The predicted octanol–water partition coefficient (Wildman–Crippen LogP) is 2.75. The van der Waals surface area contributed by atoms with E-state index in [1.807, 2.05) is 30.9 Å². The molecule has 0 bridgehead atoms. The van der Waals surface area contributed by atoms with Gasteiger partial charge in [-0.3, -0.25) is 0 Å². The lowest BCUT2D eigenvalue weighted by Gasteiger charge is -2.29. The van der Waals surface area contributed by atoms with Gasteiger partial charge in [0.1, 0.15) is 5.82 Å². The molecule has 2 fully saturated rings. The fraction of sp³-hybridized carbons (Fsp3) is 0.647. The Morgan fingerprint density at radius 1 is 1.27 bits per heavy atom. The maximum atomic E-state index is 14.3. The molecule has 0 amide bonds. The molecule has 2 saturated heterocycles. The third kappa shape index (κ3) is 3.77. The molecule has 2 aliphatic heterocycles. The minimum absolute atomic E-state index is 0.0944. The molecule has 1 atom stereocenters. The molecule has 5 heteroatoms. The molecule has 0 spiro atoms. The van der Waals surface area contributed by atoms with E-state index in [9.17, 15) is 4.39 Å². The van der Waals surface area contributed by atoms with Crippen molar-refractivity contribution in [3.05, 3.63) is 29.6 Å². The van der Waals surface area contributed by atoms with Gasteiger partial charge in [0.2, 0.25) is 0 Å². The van der Waals surface area contributed by atoms with E-state index >= 15 is 0 Å². The summed E-state index contributed by atoms with van der Waals surface area (Å²) in [6.45, 7) is 7.28. The van der Waals surface area contributed by atoms with Crippen molar-refractivity contribution >= 4 is 5.69 Å². The van der Waals surface area contributed by atoms with E-state index in [0.29, 0.717) is 25.5 Å². The van der Waals surface area contributed by atoms with Gasteiger partial charge in [-0.25, -0.2) is 4.39 Å². The lowest BCUT2D eigenvalue weighted by molar-refractivity contribution is -0.138. The summed E-state index contributed by atoms with van der Waals surface area (Å²) >= 11 is 0. The standard InChI is InChI=1S/C17H24FNO3/c1-17(2)21-12-14(22-17)5-3-13-4-6-16(15(18)11-13)19-7-9-20-10-8-19/h4,6,11,14H,3,5,7-10,12H2,1-2H3/t14-/m1/s1. The fourth-order valence-electron chi connectivity index (χ4n) is 3.00. The van der Waals surface area contributed by atoms with Crippen molar-refractivity contribution in [3.63, 3.8) is 0 Å². The lowest BCUT2D eigenvalue weighted by Crippen LogP contribution is -2.36. The number of aryl methyl sites for hydroxylation is 1. The summed E-state index contributed by atoms with van der Waals surface area (Å²) in [5.41, 5.74) is 1.68. The van der Waals surface area contributed by atoms with Crippen molar-refractivity contribution in [2.75, 3.05) is 37.8 Å². The SMILES string of the molecule is CC1(C)OC[C@@H](CCc2ccc(N3CCOCC3)c(F)c2)O1. The average Bonchev–Trinajstić information content (AvgIpc) is 2.85. The number of hydrogen-bond donors (Lipinski definition) is 0. The molecule has 1 aromatic carbocycles. The van der Waals surface area contributed by atoms with Crippen LogP contribution in [0.1, 0.15) is 25.8 Å². The van der Waals surface area contributed by atoms with Crippen LogP contribution in [0.4, 0.5) is 10.1 Å². The van der Waals surface area contributed by atoms with Gasteiger partial charge in [-0.05, 0) is 44.4 Å².